The summed E-state index contributed by atoms with van der Waals surface area (Å²) >= 11 is 0. The number of anilines is 2. The molecule has 2 amide bonds. The standard InChI is InChI=1S/C27H26N2O5/c1-4-33-19-12-10-11-18(17-19)28-25-24(20-13-6-8-15-22(20)32-3)26(30)29(27(25)31)21-14-7-9-16-23(21)34-5-2/h6-17,28H,4-5H2,1-3H3. The summed E-state index contributed by atoms with van der Waals surface area (Å²) in [5.74, 6) is 0.638. The van der Waals surface area contributed by atoms with Crippen LogP contribution >= 0.6 is 0 Å². The fourth-order valence-corrected chi connectivity index (χ4v) is 3.86. The van der Waals surface area contributed by atoms with Crippen LogP contribution < -0.4 is 24.4 Å². The van der Waals surface area contributed by atoms with Crippen LogP contribution in [0.2, 0.25) is 0 Å². The van der Waals surface area contributed by atoms with Gasteiger partial charge in [-0.15, -0.1) is 0 Å². The average molecular weight is 459 g/mol. The number of methoxy groups -OCH3 is 1. The van der Waals surface area contributed by atoms with Crippen LogP contribution in [-0.2, 0) is 9.59 Å². The van der Waals surface area contributed by atoms with Crippen LogP contribution in [0.4, 0.5) is 11.4 Å². The lowest BCUT2D eigenvalue weighted by molar-refractivity contribution is -0.120. The minimum absolute atomic E-state index is 0.148. The van der Waals surface area contributed by atoms with Gasteiger partial charge in [0.1, 0.15) is 22.9 Å². The van der Waals surface area contributed by atoms with E-state index in [0.717, 1.165) is 4.90 Å². The molecule has 0 aliphatic carbocycles. The predicted molar refractivity (Wildman–Crippen MR) is 131 cm³/mol. The number of ether oxygens (including phenoxy) is 3. The first kappa shape index (κ1) is 22.9. The van der Waals surface area contributed by atoms with E-state index in [9.17, 15) is 9.59 Å². The molecule has 0 spiro atoms. The zero-order chi connectivity index (χ0) is 24.1. The van der Waals surface area contributed by atoms with Crippen LogP contribution in [0, 0.1) is 0 Å². The number of benzene rings is 3. The van der Waals surface area contributed by atoms with Crippen molar-refractivity contribution in [2.45, 2.75) is 13.8 Å². The lowest BCUT2D eigenvalue weighted by Gasteiger charge is -2.19. The van der Waals surface area contributed by atoms with Gasteiger partial charge in [0.2, 0.25) is 0 Å². The number of rotatable bonds is 9. The molecule has 4 rings (SSSR count). The normalized spacial score (nSPS) is 13.3. The fraction of sp³-hybridized carbons (Fsp3) is 0.185. The van der Waals surface area contributed by atoms with Gasteiger partial charge in [-0.25, -0.2) is 4.90 Å². The third-order valence-electron chi connectivity index (χ3n) is 5.28. The maximum Gasteiger partial charge on any atom is 0.282 e. The summed E-state index contributed by atoms with van der Waals surface area (Å²) in [5.41, 5.74) is 1.88. The molecule has 3 aromatic rings. The van der Waals surface area contributed by atoms with Crippen molar-refractivity contribution < 1.29 is 23.8 Å². The highest BCUT2D eigenvalue weighted by atomic mass is 16.5. The van der Waals surface area contributed by atoms with Gasteiger partial charge in [0, 0.05) is 17.3 Å². The topological polar surface area (TPSA) is 77.1 Å². The Morgan fingerprint density at radius 2 is 1.50 bits per heavy atom. The van der Waals surface area contributed by atoms with E-state index in [-0.39, 0.29) is 11.3 Å². The molecule has 1 N–H and O–H groups in total. The van der Waals surface area contributed by atoms with Gasteiger partial charge in [0.15, 0.2) is 0 Å². The number of hydrogen-bond acceptors (Lipinski definition) is 6. The van der Waals surface area contributed by atoms with Crippen molar-refractivity contribution in [3.05, 3.63) is 84.1 Å². The Morgan fingerprint density at radius 1 is 0.794 bits per heavy atom. The lowest BCUT2D eigenvalue weighted by Crippen LogP contribution is -2.32. The molecule has 0 saturated carbocycles. The summed E-state index contributed by atoms with van der Waals surface area (Å²) in [5, 5.41) is 3.16. The second-order valence-electron chi connectivity index (χ2n) is 7.38. The molecule has 34 heavy (non-hydrogen) atoms. The van der Waals surface area contributed by atoms with E-state index >= 15 is 0 Å². The van der Waals surface area contributed by atoms with Gasteiger partial charge < -0.3 is 19.5 Å². The molecule has 0 saturated heterocycles. The molecule has 0 fully saturated rings. The van der Waals surface area contributed by atoms with Crippen molar-refractivity contribution in [3.8, 4) is 17.2 Å². The van der Waals surface area contributed by atoms with Crippen LogP contribution in [0.5, 0.6) is 17.2 Å². The van der Waals surface area contributed by atoms with Crippen molar-refractivity contribution in [1.29, 1.82) is 0 Å². The second kappa shape index (κ2) is 10.1. The molecule has 0 aromatic heterocycles. The minimum Gasteiger partial charge on any atom is -0.496 e. The van der Waals surface area contributed by atoms with Gasteiger partial charge >= 0.3 is 0 Å². The van der Waals surface area contributed by atoms with Crippen LogP contribution in [0.1, 0.15) is 19.4 Å². The van der Waals surface area contributed by atoms with E-state index in [1.165, 1.54) is 7.11 Å². The Bertz CT molecular complexity index is 1250. The van der Waals surface area contributed by atoms with Crippen molar-refractivity contribution in [2.75, 3.05) is 30.5 Å². The molecule has 7 nitrogen and oxygen atoms in total. The van der Waals surface area contributed by atoms with E-state index in [4.69, 9.17) is 14.2 Å². The molecule has 1 aliphatic rings. The fourth-order valence-electron chi connectivity index (χ4n) is 3.86. The minimum atomic E-state index is -0.486. The number of nitrogens with one attached hydrogen (secondary N) is 1. The summed E-state index contributed by atoms with van der Waals surface area (Å²) in [6.07, 6.45) is 0. The molecular formula is C27H26N2O5. The highest BCUT2D eigenvalue weighted by molar-refractivity contribution is 6.46. The number of amides is 2. The smallest absolute Gasteiger partial charge is 0.282 e. The zero-order valence-electron chi connectivity index (χ0n) is 19.3. The van der Waals surface area contributed by atoms with Crippen molar-refractivity contribution >= 4 is 28.8 Å². The van der Waals surface area contributed by atoms with Crippen molar-refractivity contribution in [2.24, 2.45) is 0 Å². The Balaban J connectivity index is 1.85. The molecule has 174 valence electrons. The molecule has 3 aromatic carbocycles. The maximum absolute atomic E-state index is 13.8. The van der Waals surface area contributed by atoms with Gasteiger partial charge in [-0.05, 0) is 44.2 Å². The number of hydrogen-bond donors (Lipinski definition) is 1. The van der Waals surface area contributed by atoms with Crippen LogP contribution in [0.15, 0.2) is 78.5 Å². The number of nitrogens with zero attached hydrogens (tertiary/aromatic N) is 1. The van der Waals surface area contributed by atoms with E-state index in [0.29, 0.717) is 47.4 Å². The number of imide groups is 1. The zero-order valence-corrected chi connectivity index (χ0v) is 19.3. The number of carbonyl (C=O) groups excluding carboxylic acids is 2. The number of carbonyl (C=O) groups is 2. The van der Waals surface area contributed by atoms with Crippen LogP contribution in [-0.4, -0.2) is 32.1 Å². The SMILES string of the molecule is CCOc1cccc(NC2=C(c3ccccc3OC)C(=O)N(c3ccccc3OCC)C2=O)c1. The average Bonchev–Trinajstić information content (AvgIpc) is 3.09. The molecule has 0 bridgehead atoms. The number of para-hydroxylation sites is 3. The summed E-state index contributed by atoms with van der Waals surface area (Å²) in [7, 11) is 1.53. The molecular weight excluding hydrogens is 432 g/mol. The monoisotopic (exact) mass is 458 g/mol. The Labute approximate surface area is 198 Å². The second-order valence-corrected chi connectivity index (χ2v) is 7.38. The first-order valence-electron chi connectivity index (χ1n) is 11.1. The highest BCUT2D eigenvalue weighted by Gasteiger charge is 2.42. The summed E-state index contributed by atoms with van der Waals surface area (Å²) in [6.45, 7) is 4.66. The first-order chi connectivity index (χ1) is 16.6. The Morgan fingerprint density at radius 3 is 2.24 bits per heavy atom. The van der Waals surface area contributed by atoms with Gasteiger partial charge in [0.05, 0.1) is 31.6 Å². The third kappa shape index (κ3) is 4.32. The predicted octanol–water partition coefficient (Wildman–Crippen LogP) is 4.89. The highest BCUT2D eigenvalue weighted by Crippen LogP contribution is 2.40. The lowest BCUT2D eigenvalue weighted by atomic mass is 10.0. The molecule has 1 aliphatic heterocycles. The van der Waals surface area contributed by atoms with Crippen molar-refractivity contribution in [1.82, 2.24) is 0 Å². The van der Waals surface area contributed by atoms with Crippen LogP contribution in [0.3, 0.4) is 0 Å². The van der Waals surface area contributed by atoms with Gasteiger partial charge in [0.25, 0.3) is 11.8 Å². The summed E-state index contributed by atoms with van der Waals surface area (Å²) in [4.78, 5) is 28.7. The summed E-state index contributed by atoms with van der Waals surface area (Å²) < 4.78 is 16.8. The van der Waals surface area contributed by atoms with Gasteiger partial charge in [-0.2, -0.15) is 0 Å². The van der Waals surface area contributed by atoms with Crippen LogP contribution in [0.25, 0.3) is 5.57 Å². The first-order valence-corrected chi connectivity index (χ1v) is 11.1. The maximum atomic E-state index is 13.8. The molecule has 0 radical (unpaired) electrons. The molecule has 0 atom stereocenters. The largest absolute Gasteiger partial charge is 0.496 e. The third-order valence-corrected chi connectivity index (χ3v) is 5.28. The van der Waals surface area contributed by atoms with E-state index in [2.05, 4.69) is 5.32 Å². The summed E-state index contributed by atoms with van der Waals surface area (Å²) in [6, 6.07) is 21.4. The van der Waals surface area contributed by atoms with E-state index < -0.39 is 11.8 Å². The quantitative estimate of drug-likeness (QED) is 0.460. The Kier molecular flexibility index (Phi) is 6.82. The Hall–Kier alpha value is -4.26. The molecule has 7 heteroatoms. The molecule has 0 unspecified atom stereocenters. The van der Waals surface area contributed by atoms with E-state index in [1.807, 2.05) is 38.1 Å². The van der Waals surface area contributed by atoms with Gasteiger partial charge in [-0.1, -0.05) is 36.4 Å². The van der Waals surface area contributed by atoms with Gasteiger partial charge in [-0.3, -0.25) is 9.59 Å². The molecule has 1 heterocycles. The van der Waals surface area contributed by atoms with Crippen molar-refractivity contribution in [3.63, 3.8) is 0 Å². The van der Waals surface area contributed by atoms with E-state index in [1.54, 1.807) is 48.5 Å².